The summed E-state index contributed by atoms with van der Waals surface area (Å²) in [5.74, 6) is -3.43. The molecule has 1 aliphatic carbocycles. The van der Waals surface area contributed by atoms with E-state index in [4.69, 9.17) is 10.2 Å². The minimum atomic E-state index is -0.979. The number of aliphatic carboxylic acids is 2. The molecule has 5 nitrogen and oxygen atoms in total. The van der Waals surface area contributed by atoms with Crippen LogP contribution in [0, 0.1) is 11.8 Å². The van der Waals surface area contributed by atoms with Crippen molar-refractivity contribution >= 4 is 11.9 Å². The van der Waals surface area contributed by atoms with Gasteiger partial charge in [-0.05, 0) is 12.8 Å². The average molecular weight is 227 g/mol. The number of likely N-dealkylation sites (tertiary alicyclic amines) is 1. The van der Waals surface area contributed by atoms with Crippen molar-refractivity contribution in [1.82, 2.24) is 4.90 Å². The van der Waals surface area contributed by atoms with E-state index in [1.54, 1.807) is 0 Å². The fourth-order valence-corrected chi connectivity index (χ4v) is 2.90. The van der Waals surface area contributed by atoms with Gasteiger partial charge in [0.2, 0.25) is 0 Å². The zero-order valence-electron chi connectivity index (χ0n) is 9.13. The molecule has 2 atom stereocenters. The summed E-state index contributed by atoms with van der Waals surface area (Å²) in [5, 5.41) is 18.0. The average Bonchev–Trinajstić information content (AvgIpc) is 2.86. The Morgan fingerprint density at radius 1 is 0.938 bits per heavy atom. The minimum absolute atomic E-state index is 0.400. The standard InChI is InChI=1S/C11H17NO4/c13-10(14)8-5-12(6-9(8)11(15)16)7-3-1-2-4-7/h7-9H,1-6H2,(H,13,14)(H,15,16)/t8-,9-/m1/s1. The van der Waals surface area contributed by atoms with Gasteiger partial charge in [-0.2, -0.15) is 0 Å². The van der Waals surface area contributed by atoms with E-state index in [1.165, 1.54) is 12.8 Å². The molecule has 0 aromatic rings. The predicted molar refractivity (Wildman–Crippen MR) is 56.1 cm³/mol. The van der Waals surface area contributed by atoms with Gasteiger partial charge >= 0.3 is 11.9 Å². The summed E-state index contributed by atoms with van der Waals surface area (Å²) in [4.78, 5) is 24.0. The summed E-state index contributed by atoms with van der Waals surface area (Å²) in [6.07, 6.45) is 4.52. The van der Waals surface area contributed by atoms with Gasteiger partial charge in [-0.15, -0.1) is 0 Å². The van der Waals surface area contributed by atoms with E-state index < -0.39 is 23.8 Å². The lowest BCUT2D eigenvalue weighted by Gasteiger charge is -2.22. The zero-order valence-corrected chi connectivity index (χ0v) is 9.13. The molecule has 1 saturated heterocycles. The third kappa shape index (κ3) is 2.04. The van der Waals surface area contributed by atoms with Crippen LogP contribution in [0.1, 0.15) is 25.7 Å². The van der Waals surface area contributed by atoms with E-state index in [0.29, 0.717) is 19.1 Å². The normalized spacial score (nSPS) is 32.0. The van der Waals surface area contributed by atoms with Crippen LogP contribution in [0.2, 0.25) is 0 Å². The highest BCUT2D eigenvalue weighted by atomic mass is 16.4. The minimum Gasteiger partial charge on any atom is -0.481 e. The fraction of sp³-hybridized carbons (Fsp3) is 0.818. The molecule has 0 unspecified atom stereocenters. The van der Waals surface area contributed by atoms with Crippen molar-refractivity contribution < 1.29 is 19.8 Å². The predicted octanol–water partition coefficient (Wildman–Crippen LogP) is 0.646. The molecule has 16 heavy (non-hydrogen) atoms. The van der Waals surface area contributed by atoms with Crippen molar-refractivity contribution in [2.45, 2.75) is 31.7 Å². The number of nitrogens with zero attached hydrogens (tertiary/aromatic N) is 1. The Hall–Kier alpha value is -1.10. The topological polar surface area (TPSA) is 77.8 Å². The number of carboxylic acids is 2. The van der Waals surface area contributed by atoms with Crippen molar-refractivity contribution in [3.05, 3.63) is 0 Å². The molecule has 0 amide bonds. The van der Waals surface area contributed by atoms with Gasteiger partial charge in [-0.1, -0.05) is 12.8 Å². The zero-order chi connectivity index (χ0) is 11.7. The second-order valence-electron chi connectivity index (χ2n) is 4.78. The quantitative estimate of drug-likeness (QED) is 0.740. The summed E-state index contributed by atoms with van der Waals surface area (Å²) in [6, 6.07) is 0.409. The Bertz CT molecular complexity index is 276. The molecule has 5 heteroatoms. The molecule has 2 aliphatic rings. The van der Waals surface area contributed by atoms with E-state index >= 15 is 0 Å². The van der Waals surface area contributed by atoms with Gasteiger partial charge in [0.1, 0.15) is 0 Å². The van der Waals surface area contributed by atoms with Gasteiger partial charge in [-0.25, -0.2) is 0 Å². The third-order valence-electron chi connectivity index (χ3n) is 3.82. The smallest absolute Gasteiger partial charge is 0.308 e. The van der Waals surface area contributed by atoms with E-state index in [-0.39, 0.29) is 0 Å². The van der Waals surface area contributed by atoms with Crippen LogP contribution in [0.4, 0.5) is 0 Å². The molecule has 0 spiro atoms. The summed E-state index contributed by atoms with van der Waals surface area (Å²) in [5.41, 5.74) is 0. The lowest BCUT2D eigenvalue weighted by molar-refractivity contribution is -0.151. The van der Waals surface area contributed by atoms with Crippen LogP contribution in [-0.2, 0) is 9.59 Å². The van der Waals surface area contributed by atoms with E-state index in [2.05, 4.69) is 4.90 Å². The van der Waals surface area contributed by atoms with Gasteiger partial charge in [0.15, 0.2) is 0 Å². The number of rotatable bonds is 3. The summed E-state index contributed by atoms with van der Waals surface area (Å²) in [7, 11) is 0. The van der Waals surface area contributed by atoms with Crippen molar-refractivity contribution in [3.63, 3.8) is 0 Å². The van der Waals surface area contributed by atoms with Crippen molar-refractivity contribution in [1.29, 1.82) is 0 Å². The highest BCUT2D eigenvalue weighted by molar-refractivity contribution is 5.81. The van der Waals surface area contributed by atoms with Crippen molar-refractivity contribution in [3.8, 4) is 0 Å². The third-order valence-corrected chi connectivity index (χ3v) is 3.82. The molecule has 0 radical (unpaired) electrons. The Morgan fingerprint density at radius 3 is 1.75 bits per heavy atom. The molecule has 2 fully saturated rings. The Morgan fingerprint density at radius 2 is 1.38 bits per heavy atom. The van der Waals surface area contributed by atoms with Gasteiger partial charge in [-0.3, -0.25) is 14.5 Å². The monoisotopic (exact) mass is 227 g/mol. The first-order valence-electron chi connectivity index (χ1n) is 5.79. The van der Waals surface area contributed by atoms with Crippen LogP contribution in [0.15, 0.2) is 0 Å². The van der Waals surface area contributed by atoms with Gasteiger partial charge in [0.05, 0.1) is 11.8 Å². The number of hydrogen-bond acceptors (Lipinski definition) is 3. The summed E-state index contributed by atoms with van der Waals surface area (Å²) in [6.45, 7) is 0.800. The molecule has 1 aliphatic heterocycles. The molecular formula is C11H17NO4. The molecular weight excluding hydrogens is 210 g/mol. The first-order chi connectivity index (χ1) is 7.59. The molecule has 0 aromatic heterocycles. The summed E-state index contributed by atoms with van der Waals surface area (Å²) < 4.78 is 0. The molecule has 0 bridgehead atoms. The van der Waals surface area contributed by atoms with Crippen molar-refractivity contribution in [2.24, 2.45) is 11.8 Å². The lowest BCUT2D eigenvalue weighted by Crippen LogP contribution is -2.32. The highest BCUT2D eigenvalue weighted by Crippen LogP contribution is 2.31. The molecule has 1 heterocycles. The Kier molecular flexibility index (Phi) is 3.14. The van der Waals surface area contributed by atoms with Crippen LogP contribution in [0.25, 0.3) is 0 Å². The van der Waals surface area contributed by atoms with Crippen LogP contribution < -0.4 is 0 Å². The second-order valence-corrected chi connectivity index (χ2v) is 4.78. The van der Waals surface area contributed by atoms with Crippen LogP contribution in [0.3, 0.4) is 0 Å². The maximum absolute atomic E-state index is 11.0. The van der Waals surface area contributed by atoms with Crippen molar-refractivity contribution in [2.75, 3.05) is 13.1 Å². The highest BCUT2D eigenvalue weighted by Gasteiger charge is 2.44. The molecule has 2 N–H and O–H groups in total. The number of carboxylic acid groups (broad SMARTS) is 2. The maximum Gasteiger partial charge on any atom is 0.308 e. The SMILES string of the molecule is O=C(O)[C@@H]1CN(C2CCCC2)C[C@H]1C(=O)O. The van der Waals surface area contributed by atoms with Gasteiger partial charge in [0.25, 0.3) is 0 Å². The van der Waals surface area contributed by atoms with Gasteiger partial charge in [0, 0.05) is 19.1 Å². The van der Waals surface area contributed by atoms with Gasteiger partial charge < -0.3 is 10.2 Å². The summed E-state index contributed by atoms with van der Waals surface area (Å²) >= 11 is 0. The largest absolute Gasteiger partial charge is 0.481 e. The number of carbonyl (C=O) groups is 2. The van der Waals surface area contributed by atoms with E-state index in [1.807, 2.05) is 0 Å². The Labute approximate surface area is 94.0 Å². The fourth-order valence-electron chi connectivity index (χ4n) is 2.90. The Balaban J connectivity index is 2.05. The molecule has 2 rings (SSSR count). The first kappa shape index (κ1) is 11.4. The second kappa shape index (κ2) is 4.41. The maximum atomic E-state index is 11.0. The van der Waals surface area contributed by atoms with E-state index in [9.17, 15) is 9.59 Å². The lowest BCUT2D eigenvalue weighted by atomic mass is 9.97. The first-order valence-corrected chi connectivity index (χ1v) is 5.79. The van der Waals surface area contributed by atoms with Crippen LogP contribution >= 0.6 is 0 Å². The van der Waals surface area contributed by atoms with Crippen LogP contribution in [0.5, 0.6) is 0 Å². The molecule has 90 valence electrons. The number of hydrogen-bond donors (Lipinski definition) is 2. The molecule has 0 aromatic carbocycles. The van der Waals surface area contributed by atoms with Crippen LogP contribution in [-0.4, -0.2) is 46.2 Å². The van der Waals surface area contributed by atoms with E-state index in [0.717, 1.165) is 12.8 Å². The molecule has 1 saturated carbocycles.